The summed E-state index contributed by atoms with van der Waals surface area (Å²) >= 11 is 5.84. The first kappa shape index (κ1) is 16.5. The van der Waals surface area contributed by atoms with Gasteiger partial charge in [0.1, 0.15) is 0 Å². The maximum Gasteiger partial charge on any atom is 0.303 e. The zero-order chi connectivity index (χ0) is 15.3. The molecule has 0 heterocycles. The molecule has 0 aliphatic rings. The van der Waals surface area contributed by atoms with Crippen molar-refractivity contribution in [2.45, 2.75) is 27.2 Å². The molecule has 1 aromatic rings. The van der Waals surface area contributed by atoms with E-state index < -0.39 is 5.97 Å². The molecule has 0 fully saturated rings. The van der Waals surface area contributed by atoms with Crippen molar-refractivity contribution in [3.8, 4) is 0 Å². The van der Waals surface area contributed by atoms with Gasteiger partial charge >= 0.3 is 5.97 Å². The first-order valence-corrected chi connectivity index (χ1v) is 6.83. The van der Waals surface area contributed by atoms with Crippen LogP contribution < -0.4 is 5.32 Å². The Morgan fingerprint density at radius 3 is 2.50 bits per heavy atom. The van der Waals surface area contributed by atoms with E-state index in [4.69, 9.17) is 16.7 Å². The quantitative estimate of drug-likeness (QED) is 0.877. The van der Waals surface area contributed by atoms with Crippen LogP contribution in [0.5, 0.6) is 0 Å². The van der Waals surface area contributed by atoms with Crippen LogP contribution in [0, 0.1) is 11.3 Å². The fraction of sp³-hybridized carbons (Fsp3) is 0.467. The lowest BCUT2D eigenvalue weighted by Gasteiger charge is -2.29. The van der Waals surface area contributed by atoms with E-state index in [9.17, 15) is 9.59 Å². The number of rotatable bonds is 5. The molecule has 20 heavy (non-hydrogen) atoms. The third-order valence-corrected chi connectivity index (χ3v) is 3.48. The number of benzene rings is 1. The summed E-state index contributed by atoms with van der Waals surface area (Å²) < 4.78 is 0. The lowest BCUT2D eigenvalue weighted by Crippen LogP contribution is -2.36. The summed E-state index contributed by atoms with van der Waals surface area (Å²) in [6.45, 7) is 6.21. The average molecular weight is 298 g/mol. The topological polar surface area (TPSA) is 66.4 Å². The van der Waals surface area contributed by atoms with Gasteiger partial charge in [0, 0.05) is 17.1 Å². The van der Waals surface area contributed by atoms with Crippen molar-refractivity contribution in [3.63, 3.8) is 0 Å². The van der Waals surface area contributed by atoms with E-state index in [1.807, 2.05) is 20.8 Å². The highest BCUT2D eigenvalue weighted by molar-refractivity contribution is 6.30. The normalized spacial score (nSPS) is 12.8. The zero-order valence-corrected chi connectivity index (χ0v) is 12.7. The van der Waals surface area contributed by atoms with Crippen LogP contribution in [-0.4, -0.2) is 23.5 Å². The number of hydrogen-bond acceptors (Lipinski definition) is 2. The number of halogens is 1. The Hall–Kier alpha value is -1.55. The second-order valence-electron chi connectivity index (χ2n) is 5.88. The fourth-order valence-electron chi connectivity index (χ4n) is 1.84. The molecule has 0 saturated carbocycles. The Balaban J connectivity index is 2.68. The number of carbonyl (C=O) groups excluding carboxylic acids is 1. The third kappa shape index (κ3) is 5.21. The molecule has 0 radical (unpaired) electrons. The van der Waals surface area contributed by atoms with Crippen LogP contribution in [0.1, 0.15) is 37.6 Å². The number of hydrogen-bond donors (Lipinski definition) is 2. The van der Waals surface area contributed by atoms with Crippen molar-refractivity contribution in [1.82, 2.24) is 5.32 Å². The van der Waals surface area contributed by atoms with Crippen molar-refractivity contribution in [1.29, 1.82) is 0 Å². The van der Waals surface area contributed by atoms with Gasteiger partial charge in [-0.1, -0.05) is 38.4 Å². The molecular weight excluding hydrogens is 278 g/mol. The van der Waals surface area contributed by atoms with E-state index in [1.165, 1.54) is 0 Å². The van der Waals surface area contributed by atoms with Crippen LogP contribution in [0.4, 0.5) is 0 Å². The summed E-state index contributed by atoms with van der Waals surface area (Å²) in [6.07, 6.45) is 0.0271. The van der Waals surface area contributed by atoms with Gasteiger partial charge in [-0.05, 0) is 29.5 Å². The number of carboxylic acids is 1. The van der Waals surface area contributed by atoms with Gasteiger partial charge in [0.2, 0.25) is 0 Å². The van der Waals surface area contributed by atoms with Gasteiger partial charge in [0.25, 0.3) is 5.91 Å². The lowest BCUT2D eigenvalue weighted by molar-refractivity contribution is -0.139. The number of carbonyl (C=O) groups is 2. The van der Waals surface area contributed by atoms with Crippen LogP contribution in [-0.2, 0) is 4.79 Å². The van der Waals surface area contributed by atoms with E-state index in [0.29, 0.717) is 17.1 Å². The van der Waals surface area contributed by atoms with Gasteiger partial charge in [-0.3, -0.25) is 9.59 Å². The van der Waals surface area contributed by atoms with Crippen molar-refractivity contribution in [2.75, 3.05) is 6.54 Å². The molecule has 0 saturated heterocycles. The summed E-state index contributed by atoms with van der Waals surface area (Å²) in [7, 11) is 0. The van der Waals surface area contributed by atoms with Crippen molar-refractivity contribution < 1.29 is 14.7 Å². The van der Waals surface area contributed by atoms with E-state index >= 15 is 0 Å². The predicted molar refractivity (Wildman–Crippen MR) is 79.0 cm³/mol. The molecule has 0 aliphatic heterocycles. The molecular formula is C15H20ClNO3. The van der Waals surface area contributed by atoms with Gasteiger partial charge < -0.3 is 10.4 Å². The molecule has 2 N–H and O–H groups in total. The summed E-state index contributed by atoms with van der Waals surface area (Å²) in [5.74, 6) is -1.24. The molecule has 4 nitrogen and oxygen atoms in total. The molecule has 1 amide bonds. The molecule has 0 bridgehead atoms. The van der Waals surface area contributed by atoms with E-state index in [1.54, 1.807) is 24.3 Å². The summed E-state index contributed by atoms with van der Waals surface area (Å²) in [6, 6.07) is 6.65. The molecule has 110 valence electrons. The van der Waals surface area contributed by atoms with Gasteiger partial charge in [0.05, 0.1) is 6.42 Å². The van der Waals surface area contributed by atoms with Gasteiger partial charge in [-0.2, -0.15) is 0 Å². The van der Waals surface area contributed by atoms with Crippen molar-refractivity contribution >= 4 is 23.5 Å². The molecule has 5 heteroatoms. The highest BCUT2D eigenvalue weighted by atomic mass is 35.5. The Bertz CT molecular complexity index is 494. The Labute approximate surface area is 124 Å². The molecule has 1 rings (SSSR count). The predicted octanol–water partition coefficient (Wildman–Crippen LogP) is 3.21. The van der Waals surface area contributed by atoms with Crippen LogP contribution >= 0.6 is 11.6 Å². The maximum absolute atomic E-state index is 12.0. The zero-order valence-electron chi connectivity index (χ0n) is 11.9. The number of amides is 1. The fourth-order valence-corrected chi connectivity index (χ4v) is 2.03. The average Bonchev–Trinajstić information content (AvgIpc) is 2.32. The third-order valence-electron chi connectivity index (χ3n) is 3.24. The molecule has 0 aromatic heterocycles. The standard InChI is InChI=1S/C15H20ClNO3/c1-15(2,3)11(8-13(18)19)9-17-14(20)10-5-4-6-12(16)7-10/h4-7,11H,8-9H2,1-3H3,(H,17,20)(H,18,19). The molecule has 1 aromatic carbocycles. The molecule has 1 unspecified atom stereocenters. The van der Waals surface area contributed by atoms with E-state index in [2.05, 4.69) is 5.32 Å². The van der Waals surface area contributed by atoms with Crippen LogP contribution in [0.3, 0.4) is 0 Å². The SMILES string of the molecule is CC(C)(C)C(CNC(=O)c1cccc(Cl)c1)CC(=O)O. The smallest absolute Gasteiger partial charge is 0.303 e. The number of carboxylic acid groups (broad SMARTS) is 1. The van der Waals surface area contributed by atoms with Crippen molar-refractivity contribution in [3.05, 3.63) is 34.9 Å². The monoisotopic (exact) mass is 297 g/mol. The first-order chi connectivity index (χ1) is 9.20. The number of nitrogens with one attached hydrogen (secondary N) is 1. The van der Waals surface area contributed by atoms with Gasteiger partial charge in [-0.15, -0.1) is 0 Å². The second kappa shape index (κ2) is 6.75. The minimum absolute atomic E-state index is 0.0271. The van der Waals surface area contributed by atoms with E-state index in [0.717, 1.165) is 0 Å². The van der Waals surface area contributed by atoms with E-state index in [-0.39, 0.29) is 23.7 Å². The Kier molecular flexibility index (Phi) is 5.57. The van der Waals surface area contributed by atoms with Gasteiger partial charge in [0.15, 0.2) is 0 Å². The highest BCUT2D eigenvalue weighted by Gasteiger charge is 2.27. The minimum Gasteiger partial charge on any atom is -0.481 e. The summed E-state index contributed by atoms with van der Waals surface area (Å²) in [5, 5.41) is 12.2. The highest BCUT2D eigenvalue weighted by Crippen LogP contribution is 2.28. The largest absolute Gasteiger partial charge is 0.481 e. The number of aliphatic carboxylic acids is 1. The molecule has 0 spiro atoms. The van der Waals surface area contributed by atoms with Crippen molar-refractivity contribution in [2.24, 2.45) is 11.3 Å². The summed E-state index contributed by atoms with van der Waals surface area (Å²) in [4.78, 5) is 22.9. The molecule has 0 aliphatic carbocycles. The second-order valence-corrected chi connectivity index (χ2v) is 6.32. The minimum atomic E-state index is -0.859. The summed E-state index contributed by atoms with van der Waals surface area (Å²) in [5.41, 5.74) is 0.278. The van der Waals surface area contributed by atoms with Crippen LogP contribution in [0.15, 0.2) is 24.3 Å². The Morgan fingerprint density at radius 1 is 1.35 bits per heavy atom. The lowest BCUT2D eigenvalue weighted by atomic mass is 9.78. The van der Waals surface area contributed by atoms with Crippen LogP contribution in [0.25, 0.3) is 0 Å². The maximum atomic E-state index is 12.0. The van der Waals surface area contributed by atoms with Crippen LogP contribution in [0.2, 0.25) is 5.02 Å². The van der Waals surface area contributed by atoms with Gasteiger partial charge in [-0.25, -0.2) is 0 Å². The Morgan fingerprint density at radius 2 is 2.00 bits per heavy atom. The first-order valence-electron chi connectivity index (χ1n) is 6.45. The molecule has 1 atom stereocenters.